The second kappa shape index (κ2) is 7.79. The number of carbonyl (C=O) groups excluding carboxylic acids is 1. The largest absolute Gasteiger partial charge is 0.484 e. The smallest absolute Gasteiger partial charge is 0.269 e. The minimum atomic E-state index is -0.457. The van der Waals surface area contributed by atoms with Crippen LogP contribution in [0.3, 0.4) is 0 Å². The molecular weight excluding hydrogens is 332 g/mol. The molecule has 0 aliphatic rings. The molecule has 0 unspecified atom stereocenters. The van der Waals surface area contributed by atoms with Crippen molar-refractivity contribution < 1.29 is 14.5 Å². The molecule has 24 heavy (non-hydrogen) atoms. The van der Waals surface area contributed by atoms with Gasteiger partial charge in [0.15, 0.2) is 6.61 Å². The molecule has 1 amide bonds. The molecule has 6 nitrogen and oxygen atoms in total. The summed E-state index contributed by atoms with van der Waals surface area (Å²) >= 11 is 5.79. The number of benzene rings is 2. The van der Waals surface area contributed by atoms with Crippen molar-refractivity contribution in [1.82, 2.24) is 4.90 Å². The number of hydrogen-bond acceptors (Lipinski definition) is 4. The Morgan fingerprint density at radius 2 is 1.96 bits per heavy atom. The molecule has 0 heterocycles. The molecule has 2 aromatic carbocycles. The molecule has 0 radical (unpaired) electrons. The second-order valence-electron chi connectivity index (χ2n) is 5.28. The summed E-state index contributed by atoms with van der Waals surface area (Å²) in [7, 11) is 1.64. The van der Waals surface area contributed by atoms with Crippen LogP contribution in [-0.4, -0.2) is 29.4 Å². The van der Waals surface area contributed by atoms with E-state index >= 15 is 0 Å². The van der Waals surface area contributed by atoms with Crippen LogP contribution in [0, 0.1) is 10.1 Å². The highest BCUT2D eigenvalue weighted by molar-refractivity contribution is 6.30. The Hall–Kier alpha value is -2.60. The first-order valence-corrected chi connectivity index (χ1v) is 7.64. The Morgan fingerprint density at radius 1 is 1.29 bits per heavy atom. The van der Waals surface area contributed by atoms with Crippen LogP contribution < -0.4 is 4.74 Å². The lowest BCUT2D eigenvalue weighted by molar-refractivity contribution is -0.384. The van der Waals surface area contributed by atoms with Gasteiger partial charge in [0.1, 0.15) is 5.75 Å². The van der Waals surface area contributed by atoms with E-state index in [2.05, 4.69) is 0 Å². The molecule has 0 fully saturated rings. The molecule has 126 valence electrons. The van der Waals surface area contributed by atoms with Gasteiger partial charge >= 0.3 is 0 Å². The molecule has 2 aromatic rings. The topological polar surface area (TPSA) is 72.7 Å². The fourth-order valence-corrected chi connectivity index (χ4v) is 2.24. The van der Waals surface area contributed by atoms with E-state index in [0.717, 1.165) is 0 Å². The van der Waals surface area contributed by atoms with Gasteiger partial charge < -0.3 is 9.64 Å². The third kappa shape index (κ3) is 4.45. The van der Waals surface area contributed by atoms with E-state index in [-0.39, 0.29) is 24.2 Å². The standard InChI is InChI=1S/C17H17ClN2O4/c1-12(13-4-3-5-15(10-13)20(22)23)19(2)17(21)11-24-16-8-6-14(18)7-9-16/h3-10,12H,11H2,1-2H3/t12-/m0/s1. The number of ether oxygens (including phenoxy) is 1. The maximum Gasteiger partial charge on any atom is 0.269 e. The average Bonchev–Trinajstić information content (AvgIpc) is 2.59. The first-order chi connectivity index (χ1) is 11.4. The third-order valence-corrected chi connectivity index (χ3v) is 3.97. The van der Waals surface area contributed by atoms with Crippen molar-refractivity contribution in [1.29, 1.82) is 0 Å². The van der Waals surface area contributed by atoms with Crippen molar-refractivity contribution in [2.75, 3.05) is 13.7 Å². The molecule has 2 rings (SSSR count). The van der Waals surface area contributed by atoms with Crippen LogP contribution in [0.5, 0.6) is 5.75 Å². The molecule has 0 saturated heterocycles. The fraction of sp³-hybridized carbons (Fsp3) is 0.235. The SMILES string of the molecule is C[C@@H](c1cccc([N+](=O)[O-])c1)N(C)C(=O)COc1ccc(Cl)cc1. The summed E-state index contributed by atoms with van der Waals surface area (Å²) in [6, 6.07) is 12.6. The highest BCUT2D eigenvalue weighted by Crippen LogP contribution is 2.23. The number of hydrogen-bond donors (Lipinski definition) is 0. The van der Waals surface area contributed by atoms with Crippen LogP contribution in [0.2, 0.25) is 5.02 Å². The summed E-state index contributed by atoms with van der Waals surface area (Å²) in [6.07, 6.45) is 0. The highest BCUT2D eigenvalue weighted by atomic mass is 35.5. The number of nitrogens with zero attached hydrogens (tertiary/aromatic N) is 2. The van der Waals surface area contributed by atoms with Crippen LogP contribution in [0.25, 0.3) is 0 Å². The van der Waals surface area contributed by atoms with Crippen molar-refractivity contribution in [2.24, 2.45) is 0 Å². The molecule has 1 atom stereocenters. The zero-order valence-corrected chi connectivity index (χ0v) is 14.1. The van der Waals surface area contributed by atoms with E-state index in [1.54, 1.807) is 50.4 Å². The molecule has 0 saturated carbocycles. The molecule has 0 aromatic heterocycles. The monoisotopic (exact) mass is 348 g/mol. The van der Waals surface area contributed by atoms with E-state index in [1.165, 1.54) is 17.0 Å². The number of halogens is 1. The van der Waals surface area contributed by atoms with Crippen molar-refractivity contribution >= 4 is 23.2 Å². The van der Waals surface area contributed by atoms with Gasteiger partial charge in [0.25, 0.3) is 11.6 Å². The summed E-state index contributed by atoms with van der Waals surface area (Å²) in [5.74, 6) is 0.313. The minimum absolute atomic E-state index is 0.00221. The zero-order chi connectivity index (χ0) is 17.7. The highest BCUT2D eigenvalue weighted by Gasteiger charge is 2.19. The van der Waals surface area contributed by atoms with Gasteiger partial charge in [-0.05, 0) is 36.8 Å². The summed E-state index contributed by atoms with van der Waals surface area (Å²) in [5.41, 5.74) is 0.684. The van der Waals surface area contributed by atoms with E-state index < -0.39 is 4.92 Å². The molecule has 0 aliphatic heterocycles. The zero-order valence-electron chi connectivity index (χ0n) is 13.3. The first-order valence-electron chi connectivity index (χ1n) is 7.27. The van der Waals surface area contributed by atoms with Gasteiger partial charge in [-0.3, -0.25) is 14.9 Å². The number of rotatable bonds is 6. The van der Waals surface area contributed by atoms with Gasteiger partial charge in [0, 0.05) is 24.2 Å². The normalized spacial score (nSPS) is 11.6. The van der Waals surface area contributed by atoms with Gasteiger partial charge in [-0.2, -0.15) is 0 Å². The second-order valence-corrected chi connectivity index (χ2v) is 5.71. The minimum Gasteiger partial charge on any atom is -0.484 e. The van der Waals surface area contributed by atoms with Gasteiger partial charge in [-0.1, -0.05) is 23.7 Å². The Morgan fingerprint density at radius 3 is 2.58 bits per heavy atom. The quantitative estimate of drug-likeness (QED) is 0.587. The lowest BCUT2D eigenvalue weighted by Gasteiger charge is -2.25. The summed E-state index contributed by atoms with van der Waals surface area (Å²) in [6.45, 7) is 1.68. The summed E-state index contributed by atoms with van der Waals surface area (Å²) in [4.78, 5) is 24.2. The number of carbonyl (C=O) groups is 1. The van der Waals surface area contributed by atoms with Gasteiger partial charge in [-0.15, -0.1) is 0 Å². The van der Waals surface area contributed by atoms with E-state index in [4.69, 9.17) is 16.3 Å². The number of amides is 1. The van der Waals surface area contributed by atoms with Gasteiger partial charge in [0.05, 0.1) is 11.0 Å². The average molecular weight is 349 g/mol. The van der Waals surface area contributed by atoms with E-state index in [1.807, 2.05) is 0 Å². The maximum absolute atomic E-state index is 12.3. The van der Waals surface area contributed by atoms with Crippen LogP contribution in [0.15, 0.2) is 48.5 Å². The predicted octanol–water partition coefficient (Wildman–Crippen LogP) is 3.85. The number of likely N-dealkylation sites (N-methyl/N-ethyl adjacent to an activating group) is 1. The first kappa shape index (κ1) is 17.7. The third-order valence-electron chi connectivity index (χ3n) is 3.71. The Labute approximate surface area is 144 Å². The van der Waals surface area contributed by atoms with Crippen molar-refractivity contribution in [3.05, 3.63) is 69.2 Å². The molecule has 0 bridgehead atoms. The molecule has 0 spiro atoms. The lowest BCUT2D eigenvalue weighted by atomic mass is 10.1. The van der Waals surface area contributed by atoms with Gasteiger partial charge in [0.2, 0.25) is 0 Å². The Kier molecular flexibility index (Phi) is 5.76. The molecule has 7 heteroatoms. The molecular formula is C17H17ClN2O4. The van der Waals surface area contributed by atoms with Crippen LogP contribution in [0.1, 0.15) is 18.5 Å². The number of non-ortho nitro benzene ring substituents is 1. The Balaban J connectivity index is 2.00. The van der Waals surface area contributed by atoms with Crippen molar-refractivity contribution in [3.8, 4) is 5.75 Å². The Bertz CT molecular complexity index is 734. The number of nitro groups is 1. The number of nitro benzene ring substituents is 1. The molecule has 0 N–H and O–H groups in total. The van der Waals surface area contributed by atoms with Crippen LogP contribution in [0.4, 0.5) is 5.69 Å². The predicted molar refractivity (Wildman–Crippen MR) is 91.2 cm³/mol. The summed E-state index contributed by atoms with van der Waals surface area (Å²) < 4.78 is 5.43. The van der Waals surface area contributed by atoms with Crippen LogP contribution in [-0.2, 0) is 4.79 Å². The molecule has 0 aliphatic carbocycles. The lowest BCUT2D eigenvalue weighted by Crippen LogP contribution is -2.33. The van der Waals surface area contributed by atoms with Gasteiger partial charge in [-0.25, -0.2) is 0 Å². The van der Waals surface area contributed by atoms with Crippen molar-refractivity contribution in [2.45, 2.75) is 13.0 Å². The summed E-state index contributed by atoms with van der Waals surface area (Å²) in [5, 5.41) is 11.4. The van der Waals surface area contributed by atoms with E-state index in [9.17, 15) is 14.9 Å². The fourth-order valence-electron chi connectivity index (χ4n) is 2.12. The maximum atomic E-state index is 12.3. The van der Waals surface area contributed by atoms with Crippen molar-refractivity contribution in [3.63, 3.8) is 0 Å². The van der Waals surface area contributed by atoms with E-state index in [0.29, 0.717) is 16.3 Å². The van der Waals surface area contributed by atoms with Crippen LogP contribution >= 0.6 is 11.6 Å².